The van der Waals surface area contributed by atoms with Gasteiger partial charge in [-0.3, -0.25) is 9.48 Å². The fourth-order valence-corrected chi connectivity index (χ4v) is 1.97. The number of rotatable bonds is 5. The first-order chi connectivity index (χ1) is 10.0. The fraction of sp³-hybridized carbons (Fsp3) is 0.333. The molecular formula is C15H20N4O2. The van der Waals surface area contributed by atoms with E-state index in [4.69, 9.17) is 10.5 Å². The summed E-state index contributed by atoms with van der Waals surface area (Å²) < 4.78 is 7.13. The zero-order valence-electron chi connectivity index (χ0n) is 12.5. The third-order valence-electron chi connectivity index (χ3n) is 2.87. The van der Waals surface area contributed by atoms with Gasteiger partial charge in [0.25, 0.3) is 5.91 Å². The number of nitrogens with zero attached hydrogens (tertiary/aromatic N) is 2. The second kappa shape index (κ2) is 6.30. The van der Waals surface area contributed by atoms with Gasteiger partial charge in [0.1, 0.15) is 11.4 Å². The molecule has 0 spiro atoms. The van der Waals surface area contributed by atoms with Crippen molar-refractivity contribution < 1.29 is 9.53 Å². The Labute approximate surface area is 123 Å². The average molecular weight is 288 g/mol. The van der Waals surface area contributed by atoms with Gasteiger partial charge in [0.05, 0.1) is 18.0 Å². The SMILES string of the molecule is CCn1ncc(N)c1C(=O)Nc1ccc(OC(C)C)cc1. The summed E-state index contributed by atoms with van der Waals surface area (Å²) in [5.74, 6) is 0.491. The smallest absolute Gasteiger partial charge is 0.276 e. The predicted octanol–water partition coefficient (Wildman–Crippen LogP) is 2.52. The number of anilines is 2. The molecule has 0 fully saturated rings. The molecule has 2 rings (SSSR count). The van der Waals surface area contributed by atoms with Crippen LogP contribution in [0.25, 0.3) is 0 Å². The van der Waals surface area contributed by atoms with Crippen LogP contribution in [0, 0.1) is 0 Å². The van der Waals surface area contributed by atoms with E-state index >= 15 is 0 Å². The number of carbonyl (C=O) groups excluding carboxylic acids is 1. The van der Waals surface area contributed by atoms with Gasteiger partial charge in [-0.1, -0.05) is 0 Å². The van der Waals surface area contributed by atoms with Crippen LogP contribution in [0.5, 0.6) is 5.75 Å². The number of nitrogen functional groups attached to an aromatic ring is 1. The average Bonchev–Trinajstić information content (AvgIpc) is 2.81. The number of amides is 1. The van der Waals surface area contributed by atoms with E-state index in [1.54, 1.807) is 16.8 Å². The van der Waals surface area contributed by atoms with Crippen molar-refractivity contribution in [3.05, 3.63) is 36.2 Å². The molecule has 0 saturated carbocycles. The second-order valence-corrected chi connectivity index (χ2v) is 4.91. The van der Waals surface area contributed by atoms with Crippen molar-refractivity contribution >= 4 is 17.3 Å². The molecule has 0 aliphatic heterocycles. The summed E-state index contributed by atoms with van der Waals surface area (Å²) in [5.41, 5.74) is 7.21. The number of aromatic nitrogens is 2. The Bertz CT molecular complexity index is 617. The van der Waals surface area contributed by atoms with Gasteiger partial charge < -0.3 is 15.8 Å². The summed E-state index contributed by atoms with van der Waals surface area (Å²) >= 11 is 0. The number of nitrogens with two attached hydrogens (primary N) is 1. The summed E-state index contributed by atoms with van der Waals surface area (Å²) in [6.45, 7) is 6.41. The van der Waals surface area contributed by atoms with Gasteiger partial charge in [-0.05, 0) is 45.0 Å². The van der Waals surface area contributed by atoms with E-state index in [1.807, 2.05) is 32.9 Å². The first-order valence-electron chi connectivity index (χ1n) is 6.90. The molecule has 1 aromatic carbocycles. The van der Waals surface area contributed by atoms with Gasteiger partial charge in [-0.2, -0.15) is 5.10 Å². The van der Waals surface area contributed by atoms with E-state index in [-0.39, 0.29) is 12.0 Å². The molecule has 0 atom stereocenters. The van der Waals surface area contributed by atoms with E-state index in [1.165, 1.54) is 6.20 Å². The molecule has 112 valence electrons. The lowest BCUT2D eigenvalue weighted by Crippen LogP contribution is -2.18. The molecule has 1 aromatic heterocycles. The monoisotopic (exact) mass is 288 g/mol. The van der Waals surface area contributed by atoms with Crippen LogP contribution < -0.4 is 15.8 Å². The maximum Gasteiger partial charge on any atom is 0.276 e. The van der Waals surface area contributed by atoms with Crippen LogP contribution in [0.1, 0.15) is 31.3 Å². The lowest BCUT2D eigenvalue weighted by molar-refractivity contribution is 0.101. The third kappa shape index (κ3) is 3.53. The number of carbonyl (C=O) groups is 1. The van der Waals surface area contributed by atoms with E-state index in [0.29, 0.717) is 23.6 Å². The highest BCUT2D eigenvalue weighted by Crippen LogP contribution is 2.19. The van der Waals surface area contributed by atoms with Crippen LogP contribution >= 0.6 is 0 Å². The van der Waals surface area contributed by atoms with Crippen molar-refractivity contribution in [3.8, 4) is 5.75 Å². The minimum atomic E-state index is -0.274. The van der Waals surface area contributed by atoms with Crippen LogP contribution in [0.15, 0.2) is 30.5 Å². The van der Waals surface area contributed by atoms with Crippen LogP contribution in [0.4, 0.5) is 11.4 Å². The van der Waals surface area contributed by atoms with Gasteiger partial charge in [0.15, 0.2) is 0 Å². The van der Waals surface area contributed by atoms with E-state index < -0.39 is 0 Å². The number of hydrogen-bond acceptors (Lipinski definition) is 4. The summed E-state index contributed by atoms with van der Waals surface area (Å²) in [6.07, 6.45) is 1.60. The van der Waals surface area contributed by atoms with E-state index in [2.05, 4.69) is 10.4 Å². The van der Waals surface area contributed by atoms with Gasteiger partial charge in [-0.15, -0.1) is 0 Å². The number of aryl methyl sites for hydroxylation is 1. The molecule has 1 amide bonds. The fourth-order valence-electron chi connectivity index (χ4n) is 1.97. The molecule has 0 bridgehead atoms. The number of hydrogen-bond donors (Lipinski definition) is 2. The van der Waals surface area contributed by atoms with Crippen LogP contribution in [0.3, 0.4) is 0 Å². The molecule has 21 heavy (non-hydrogen) atoms. The molecule has 0 radical (unpaired) electrons. The van der Waals surface area contributed by atoms with Crippen molar-refractivity contribution in [1.29, 1.82) is 0 Å². The highest BCUT2D eigenvalue weighted by Gasteiger charge is 2.16. The highest BCUT2D eigenvalue weighted by atomic mass is 16.5. The summed E-state index contributed by atoms with van der Waals surface area (Å²) in [6, 6.07) is 7.21. The summed E-state index contributed by atoms with van der Waals surface area (Å²) in [7, 11) is 0. The summed E-state index contributed by atoms with van der Waals surface area (Å²) in [4.78, 5) is 12.3. The molecule has 6 nitrogen and oxygen atoms in total. The maximum absolute atomic E-state index is 12.3. The topological polar surface area (TPSA) is 82.2 Å². The number of ether oxygens (including phenoxy) is 1. The Kier molecular flexibility index (Phi) is 4.47. The molecule has 0 aliphatic rings. The lowest BCUT2D eigenvalue weighted by Gasteiger charge is -2.11. The molecule has 0 saturated heterocycles. The van der Waals surface area contributed by atoms with Crippen molar-refractivity contribution in [2.24, 2.45) is 0 Å². The van der Waals surface area contributed by atoms with E-state index in [0.717, 1.165) is 5.75 Å². The Morgan fingerprint density at radius 1 is 1.38 bits per heavy atom. The van der Waals surface area contributed by atoms with Crippen LogP contribution in [-0.4, -0.2) is 21.8 Å². The zero-order valence-corrected chi connectivity index (χ0v) is 12.5. The Hall–Kier alpha value is -2.50. The second-order valence-electron chi connectivity index (χ2n) is 4.91. The van der Waals surface area contributed by atoms with Crippen molar-refractivity contribution in [2.45, 2.75) is 33.4 Å². The number of nitrogens with one attached hydrogen (secondary N) is 1. The Balaban J connectivity index is 2.10. The van der Waals surface area contributed by atoms with Gasteiger partial charge in [0.2, 0.25) is 0 Å². The normalized spacial score (nSPS) is 10.7. The molecular weight excluding hydrogens is 268 g/mol. The minimum absolute atomic E-state index is 0.115. The summed E-state index contributed by atoms with van der Waals surface area (Å²) in [5, 5.41) is 6.86. The van der Waals surface area contributed by atoms with Crippen molar-refractivity contribution in [3.63, 3.8) is 0 Å². The number of benzene rings is 1. The van der Waals surface area contributed by atoms with Gasteiger partial charge in [0, 0.05) is 12.2 Å². The lowest BCUT2D eigenvalue weighted by atomic mass is 10.2. The first-order valence-corrected chi connectivity index (χ1v) is 6.90. The van der Waals surface area contributed by atoms with Crippen LogP contribution in [-0.2, 0) is 6.54 Å². The molecule has 1 heterocycles. The maximum atomic E-state index is 12.3. The van der Waals surface area contributed by atoms with Gasteiger partial charge in [-0.25, -0.2) is 0 Å². The third-order valence-corrected chi connectivity index (χ3v) is 2.87. The molecule has 3 N–H and O–H groups in total. The van der Waals surface area contributed by atoms with E-state index in [9.17, 15) is 4.79 Å². The quantitative estimate of drug-likeness (QED) is 0.885. The predicted molar refractivity (Wildman–Crippen MR) is 82.5 cm³/mol. The molecule has 6 heteroatoms. The minimum Gasteiger partial charge on any atom is -0.491 e. The Morgan fingerprint density at radius 3 is 2.62 bits per heavy atom. The van der Waals surface area contributed by atoms with Crippen LogP contribution in [0.2, 0.25) is 0 Å². The zero-order chi connectivity index (χ0) is 15.4. The first kappa shape index (κ1) is 14.9. The van der Waals surface area contributed by atoms with Crippen molar-refractivity contribution in [2.75, 3.05) is 11.1 Å². The standard InChI is InChI=1S/C15H20N4O2/c1-4-19-14(13(16)9-17-19)15(20)18-11-5-7-12(8-6-11)21-10(2)3/h5-10H,4,16H2,1-3H3,(H,18,20). The van der Waals surface area contributed by atoms with Crippen molar-refractivity contribution in [1.82, 2.24) is 9.78 Å². The molecule has 2 aromatic rings. The molecule has 0 unspecified atom stereocenters. The molecule has 0 aliphatic carbocycles. The Morgan fingerprint density at radius 2 is 2.05 bits per heavy atom. The van der Waals surface area contributed by atoms with Gasteiger partial charge >= 0.3 is 0 Å². The largest absolute Gasteiger partial charge is 0.491 e. The highest BCUT2D eigenvalue weighted by molar-refractivity contribution is 6.06.